The lowest BCUT2D eigenvalue weighted by atomic mass is 9.79. The lowest BCUT2D eigenvalue weighted by Gasteiger charge is -2.49. The van der Waals surface area contributed by atoms with Gasteiger partial charge in [0.15, 0.2) is 5.82 Å². The van der Waals surface area contributed by atoms with Crippen LogP contribution < -0.4 is 10.2 Å². The Bertz CT molecular complexity index is 937. The second-order valence-electron chi connectivity index (χ2n) is 7.81. The Hall–Kier alpha value is -2.93. The molecule has 0 unspecified atom stereocenters. The van der Waals surface area contributed by atoms with Gasteiger partial charge < -0.3 is 15.1 Å². The third-order valence-corrected chi connectivity index (χ3v) is 5.78. The molecule has 138 valence electrons. The van der Waals surface area contributed by atoms with Crippen LogP contribution in [-0.4, -0.2) is 59.9 Å². The van der Waals surface area contributed by atoms with E-state index in [1.54, 1.807) is 23.2 Å². The number of urea groups is 1. The first-order valence-corrected chi connectivity index (χ1v) is 9.19. The largest absolute Gasteiger partial charge is 0.330 e. The number of benzene rings is 1. The molecule has 2 aromatic rings. The van der Waals surface area contributed by atoms with Crippen LogP contribution >= 0.6 is 0 Å². The fourth-order valence-electron chi connectivity index (χ4n) is 4.48. The number of nitrogens with one attached hydrogen (secondary N) is 1. The van der Waals surface area contributed by atoms with E-state index in [1.807, 2.05) is 29.2 Å². The van der Waals surface area contributed by atoms with Crippen molar-refractivity contribution in [1.29, 1.82) is 0 Å². The zero-order valence-corrected chi connectivity index (χ0v) is 15.2. The van der Waals surface area contributed by atoms with E-state index in [2.05, 4.69) is 22.2 Å². The number of hydrogen-bond donors (Lipinski definition) is 1. The summed E-state index contributed by atoms with van der Waals surface area (Å²) < 4.78 is 0. The van der Waals surface area contributed by atoms with Crippen molar-refractivity contribution in [1.82, 2.24) is 14.8 Å². The van der Waals surface area contributed by atoms with Crippen LogP contribution in [-0.2, 0) is 0 Å². The Morgan fingerprint density at radius 2 is 1.96 bits per heavy atom. The summed E-state index contributed by atoms with van der Waals surface area (Å²) in [4.78, 5) is 36.2. The summed E-state index contributed by atoms with van der Waals surface area (Å²) in [5.74, 6) is 0.132. The summed E-state index contributed by atoms with van der Waals surface area (Å²) in [7, 11) is 2.13. The number of pyridine rings is 1. The van der Waals surface area contributed by atoms with Crippen molar-refractivity contribution in [3.63, 3.8) is 0 Å². The summed E-state index contributed by atoms with van der Waals surface area (Å²) >= 11 is 0. The molecule has 3 aliphatic heterocycles. The number of para-hydroxylation sites is 2. The second kappa shape index (κ2) is 5.79. The SMILES string of the molecule is CN1CCC2(C1)CN(C(=O)N1c3ccccc3NC(=O)c3cccnc31)C2. The zero-order valence-electron chi connectivity index (χ0n) is 15.2. The number of carbonyl (C=O) groups excluding carboxylic acids is 2. The van der Waals surface area contributed by atoms with Gasteiger partial charge in [-0.15, -0.1) is 0 Å². The van der Waals surface area contributed by atoms with E-state index >= 15 is 0 Å². The minimum absolute atomic E-state index is 0.126. The predicted octanol–water partition coefficient (Wildman–Crippen LogP) is 2.54. The molecule has 0 radical (unpaired) electrons. The van der Waals surface area contributed by atoms with E-state index in [4.69, 9.17) is 0 Å². The number of likely N-dealkylation sites (tertiary alicyclic amines) is 2. The van der Waals surface area contributed by atoms with Crippen LogP contribution in [0.25, 0.3) is 0 Å². The van der Waals surface area contributed by atoms with Crippen molar-refractivity contribution < 1.29 is 9.59 Å². The van der Waals surface area contributed by atoms with E-state index in [-0.39, 0.29) is 17.4 Å². The van der Waals surface area contributed by atoms with Crippen molar-refractivity contribution >= 4 is 29.1 Å². The highest BCUT2D eigenvalue weighted by molar-refractivity contribution is 6.16. The normalized spacial score (nSPS) is 20.6. The van der Waals surface area contributed by atoms with E-state index in [9.17, 15) is 9.59 Å². The number of hydrogen-bond acceptors (Lipinski definition) is 4. The molecule has 1 spiro atoms. The molecule has 0 aliphatic carbocycles. The molecule has 3 aliphatic rings. The number of amides is 3. The van der Waals surface area contributed by atoms with Crippen LogP contribution in [0.5, 0.6) is 0 Å². The van der Waals surface area contributed by atoms with Gasteiger partial charge in [-0.1, -0.05) is 12.1 Å². The van der Waals surface area contributed by atoms with Gasteiger partial charge in [-0.2, -0.15) is 0 Å². The Morgan fingerprint density at radius 3 is 2.74 bits per heavy atom. The maximum Gasteiger partial charge on any atom is 0.330 e. The Balaban J connectivity index is 1.53. The van der Waals surface area contributed by atoms with Gasteiger partial charge in [-0.3, -0.25) is 4.79 Å². The van der Waals surface area contributed by atoms with Gasteiger partial charge in [-0.05, 0) is 44.3 Å². The number of anilines is 3. The fraction of sp³-hybridized carbons (Fsp3) is 0.350. The van der Waals surface area contributed by atoms with E-state index in [0.29, 0.717) is 22.8 Å². The highest BCUT2D eigenvalue weighted by atomic mass is 16.2. The average Bonchev–Trinajstić information content (AvgIpc) is 2.99. The fourth-order valence-corrected chi connectivity index (χ4v) is 4.48. The molecular weight excluding hydrogens is 342 g/mol. The third-order valence-electron chi connectivity index (χ3n) is 5.78. The molecule has 2 saturated heterocycles. The lowest BCUT2D eigenvalue weighted by molar-refractivity contribution is 0.0445. The molecule has 5 rings (SSSR count). The molecule has 1 N–H and O–H groups in total. The predicted molar refractivity (Wildman–Crippen MR) is 102 cm³/mol. The summed E-state index contributed by atoms with van der Waals surface area (Å²) in [6, 6.07) is 10.6. The molecule has 27 heavy (non-hydrogen) atoms. The summed E-state index contributed by atoms with van der Waals surface area (Å²) in [5.41, 5.74) is 1.89. The number of nitrogens with zero attached hydrogens (tertiary/aromatic N) is 4. The van der Waals surface area contributed by atoms with Gasteiger partial charge in [0.05, 0.1) is 16.9 Å². The molecule has 1 aromatic heterocycles. The smallest absolute Gasteiger partial charge is 0.323 e. The first-order chi connectivity index (χ1) is 13.1. The van der Waals surface area contributed by atoms with Crippen molar-refractivity contribution in [2.75, 3.05) is 43.4 Å². The van der Waals surface area contributed by atoms with Crippen LogP contribution in [0, 0.1) is 5.41 Å². The first-order valence-electron chi connectivity index (χ1n) is 9.19. The molecule has 0 bridgehead atoms. The van der Waals surface area contributed by atoms with Crippen molar-refractivity contribution in [2.45, 2.75) is 6.42 Å². The van der Waals surface area contributed by atoms with E-state index in [0.717, 1.165) is 32.6 Å². The Kier molecular flexibility index (Phi) is 3.48. The number of rotatable bonds is 0. The van der Waals surface area contributed by atoms with Gasteiger partial charge in [0, 0.05) is 31.2 Å². The number of aromatic nitrogens is 1. The third kappa shape index (κ3) is 2.49. The standard InChI is InChI=1S/C20H21N5O2/c1-23-10-8-20(11-23)12-24(13-20)19(27)25-16-7-3-2-6-15(16)22-18(26)14-5-4-9-21-17(14)25/h2-7,9H,8,10-13H2,1H3,(H,22,26). The molecule has 1 aromatic carbocycles. The Morgan fingerprint density at radius 1 is 1.15 bits per heavy atom. The van der Waals surface area contributed by atoms with Crippen LogP contribution in [0.3, 0.4) is 0 Å². The van der Waals surface area contributed by atoms with Gasteiger partial charge in [0.2, 0.25) is 0 Å². The highest BCUT2D eigenvalue weighted by Gasteiger charge is 2.50. The van der Waals surface area contributed by atoms with E-state index in [1.165, 1.54) is 0 Å². The maximum absolute atomic E-state index is 13.4. The van der Waals surface area contributed by atoms with Crippen LogP contribution in [0.2, 0.25) is 0 Å². The van der Waals surface area contributed by atoms with Crippen molar-refractivity contribution in [3.05, 3.63) is 48.2 Å². The molecule has 7 nitrogen and oxygen atoms in total. The summed E-state index contributed by atoms with van der Waals surface area (Å²) in [6.45, 7) is 3.61. The monoisotopic (exact) mass is 363 g/mol. The highest BCUT2D eigenvalue weighted by Crippen LogP contribution is 2.42. The van der Waals surface area contributed by atoms with E-state index < -0.39 is 0 Å². The number of carbonyl (C=O) groups is 2. The average molecular weight is 363 g/mol. The summed E-state index contributed by atoms with van der Waals surface area (Å²) in [6.07, 6.45) is 2.74. The second-order valence-corrected chi connectivity index (χ2v) is 7.81. The minimum atomic E-state index is -0.252. The van der Waals surface area contributed by atoms with Crippen LogP contribution in [0.4, 0.5) is 22.0 Å². The van der Waals surface area contributed by atoms with Crippen molar-refractivity contribution in [3.8, 4) is 0 Å². The van der Waals surface area contributed by atoms with Crippen molar-refractivity contribution in [2.24, 2.45) is 5.41 Å². The molecule has 0 saturated carbocycles. The number of fused-ring (bicyclic) bond motifs is 2. The first kappa shape index (κ1) is 16.3. The van der Waals surface area contributed by atoms with Crippen LogP contribution in [0.15, 0.2) is 42.6 Å². The lowest BCUT2D eigenvalue weighted by Crippen LogP contribution is -2.61. The molecule has 4 heterocycles. The molecule has 0 atom stereocenters. The molecule has 2 fully saturated rings. The van der Waals surface area contributed by atoms with Gasteiger partial charge >= 0.3 is 6.03 Å². The molecule has 3 amide bonds. The quantitative estimate of drug-likeness (QED) is 0.781. The topological polar surface area (TPSA) is 68.8 Å². The van der Waals surface area contributed by atoms with Crippen LogP contribution in [0.1, 0.15) is 16.8 Å². The molecule has 7 heteroatoms. The van der Waals surface area contributed by atoms with Gasteiger partial charge in [0.25, 0.3) is 5.91 Å². The maximum atomic E-state index is 13.4. The molecular formula is C20H21N5O2. The van der Waals surface area contributed by atoms with Gasteiger partial charge in [-0.25, -0.2) is 14.7 Å². The Labute approximate surface area is 157 Å². The minimum Gasteiger partial charge on any atom is -0.323 e. The van der Waals surface area contributed by atoms with Gasteiger partial charge in [0.1, 0.15) is 0 Å². The summed E-state index contributed by atoms with van der Waals surface area (Å²) in [5, 5.41) is 2.89. The zero-order chi connectivity index (χ0) is 18.6.